The minimum absolute atomic E-state index is 0.0186. The first-order valence-corrected chi connectivity index (χ1v) is 7.20. The highest BCUT2D eigenvalue weighted by Crippen LogP contribution is 2.06. The van der Waals surface area contributed by atoms with Crippen molar-refractivity contribution in [1.29, 1.82) is 0 Å². The lowest BCUT2D eigenvalue weighted by Gasteiger charge is -1.97. The number of carboxylic acid groups (broad SMARTS) is 2. The zero-order valence-electron chi connectivity index (χ0n) is 13.3. The number of aromatic nitrogens is 3. The van der Waals surface area contributed by atoms with Gasteiger partial charge in [-0.1, -0.05) is 6.07 Å². The maximum Gasteiger partial charge on any atom is 0.335 e. The van der Waals surface area contributed by atoms with Crippen LogP contribution in [-0.2, 0) is 0 Å². The fourth-order valence-corrected chi connectivity index (χ4v) is 1.87. The van der Waals surface area contributed by atoms with Crippen LogP contribution in [0.15, 0.2) is 61.2 Å². The first-order valence-electron chi connectivity index (χ1n) is 7.20. The number of nitrogens with zero attached hydrogens (tertiary/aromatic N) is 3. The quantitative estimate of drug-likeness (QED) is 0.642. The van der Waals surface area contributed by atoms with Crippen molar-refractivity contribution in [2.45, 2.75) is 0 Å². The summed E-state index contributed by atoms with van der Waals surface area (Å²) < 4.78 is 1.55. The van der Waals surface area contributed by atoms with Crippen LogP contribution >= 0.6 is 0 Å². The summed E-state index contributed by atoms with van der Waals surface area (Å²) in [6, 6.07) is 8.83. The lowest BCUT2D eigenvalue weighted by molar-refractivity contribution is 0.0696. The molecule has 0 fully saturated rings. The van der Waals surface area contributed by atoms with E-state index in [0.717, 1.165) is 11.8 Å². The van der Waals surface area contributed by atoms with Gasteiger partial charge in [-0.15, -0.1) is 0 Å². The first-order chi connectivity index (χ1) is 12.4. The van der Waals surface area contributed by atoms with Crippen LogP contribution in [0.3, 0.4) is 0 Å². The molecule has 0 saturated heterocycles. The van der Waals surface area contributed by atoms with E-state index in [2.05, 4.69) is 10.1 Å². The number of carboxylic acids is 2. The molecule has 4 N–H and O–H groups in total. The highest BCUT2D eigenvalue weighted by Gasteiger charge is 2.07. The predicted octanol–water partition coefficient (Wildman–Crippen LogP) is 1.45. The van der Waals surface area contributed by atoms with Gasteiger partial charge in [0.05, 0.1) is 34.8 Å². The number of hydrogen-bond acceptors (Lipinski definition) is 5. The molecule has 0 atom stereocenters. The zero-order valence-corrected chi connectivity index (χ0v) is 13.3. The normalized spacial score (nSPS) is 9.69. The Labute approximate surface area is 147 Å². The van der Waals surface area contributed by atoms with Gasteiger partial charge < -0.3 is 15.9 Å². The summed E-state index contributed by atoms with van der Waals surface area (Å²) in [6.45, 7) is 0. The molecule has 0 radical (unpaired) electrons. The van der Waals surface area contributed by atoms with E-state index in [1.807, 2.05) is 6.07 Å². The fourth-order valence-electron chi connectivity index (χ4n) is 1.87. The molecular formula is C17H14N4O5. The van der Waals surface area contributed by atoms with Gasteiger partial charge in [0.15, 0.2) is 0 Å². The SMILES string of the molecule is NC(=O)c1cnn(-c2cccnc2)c1.O=C(O)c1cccc(C(=O)O)c1. The predicted molar refractivity (Wildman–Crippen MR) is 90.2 cm³/mol. The van der Waals surface area contributed by atoms with Crippen LogP contribution in [0, 0.1) is 0 Å². The third kappa shape index (κ3) is 4.74. The number of nitrogens with two attached hydrogens (primary N) is 1. The highest BCUT2D eigenvalue weighted by molar-refractivity contribution is 5.93. The molecule has 132 valence electrons. The van der Waals surface area contributed by atoms with Gasteiger partial charge in [0, 0.05) is 12.4 Å². The highest BCUT2D eigenvalue weighted by atomic mass is 16.4. The summed E-state index contributed by atoms with van der Waals surface area (Å²) in [7, 11) is 0. The van der Waals surface area contributed by atoms with Gasteiger partial charge in [-0.3, -0.25) is 9.78 Å². The van der Waals surface area contributed by atoms with Crippen LogP contribution in [-0.4, -0.2) is 42.8 Å². The van der Waals surface area contributed by atoms with Gasteiger partial charge in [0.2, 0.25) is 0 Å². The smallest absolute Gasteiger partial charge is 0.335 e. The topological polar surface area (TPSA) is 148 Å². The van der Waals surface area contributed by atoms with Gasteiger partial charge >= 0.3 is 11.9 Å². The van der Waals surface area contributed by atoms with E-state index in [1.54, 1.807) is 29.3 Å². The molecule has 0 aliphatic rings. The molecule has 0 aliphatic carbocycles. The van der Waals surface area contributed by atoms with E-state index in [0.29, 0.717) is 5.56 Å². The van der Waals surface area contributed by atoms with Crippen LogP contribution < -0.4 is 5.73 Å². The van der Waals surface area contributed by atoms with Crippen molar-refractivity contribution in [1.82, 2.24) is 14.8 Å². The molecule has 3 aromatic rings. The van der Waals surface area contributed by atoms with Crippen molar-refractivity contribution in [3.05, 3.63) is 77.9 Å². The lowest BCUT2D eigenvalue weighted by Crippen LogP contribution is -2.09. The Morgan fingerprint density at radius 3 is 2.04 bits per heavy atom. The number of benzene rings is 1. The Morgan fingerprint density at radius 2 is 1.58 bits per heavy atom. The third-order valence-corrected chi connectivity index (χ3v) is 3.13. The Morgan fingerprint density at radius 1 is 0.923 bits per heavy atom. The summed E-state index contributed by atoms with van der Waals surface area (Å²) in [5.74, 6) is -2.74. The van der Waals surface area contributed by atoms with E-state index in [-0.39, 0.29) is 11.1 Å². The second-order valence-corrected chi connectivity index (χ2v) is 4.94. The second-order valence-electron chi connectivity index (χ2n) is 4.94. The Hall–Kier alpha value is -4.01. The maximum atomic E-state index is 10.8. The summed E-state index contributed by atoms with van der Waals surface area (Å²) in [5.41, 5.74) is 6.23. The Bertz CT molecular complexity index is 908. The van der Waals surface area contributed by atoms with Crippen molar-refractivity contribution in [3.63, 3.8) is 0 Å². The monoisotopic (exact) mass is 354 g/mol. The average Bonchev–Trinajstić information content (AvgIpc) is 3.13. The summed E-state index contributed by atoms with van der Waals surface area (Å²) >= 11 is 0. The second kappa shape index (κ2) is 8.20. The molecule has 1 aromatic carbocycles. The van der Waals surface area contributed by atoms with Crippen molar-refractivity contribution < 1.29 is 24.6 Å². The molecule has 1 amide bonds. The number of carbonyl (C=O) groups excluding carboxylic acids is 1. The van der Waals surface area contributed by atoms with Crippen LogP contribution in [0.2, 0.25) is 0 Å². The van der Waals surface area contributed by atoms with Gasteiger partial charge in [-0.05, 0) is 30.3 Å². The zero-order chi connectivity index (χ0) is 19.1. The van der Waals surface area contributed by atoms with Crippen molar-refractivity contribution in [2.24, 2.45) is 5.73 Å². The van der Waals surface area contributed by atoms with Crippen molar-refractivity contribution in [3.8, 4) is 5.69 Å². The van der Waals surface area contributed by atoms with Crippen LogP contribution in [0.25, 0.3) is 5.69 Å². The molecule has 2 aromatic heterocycles. The molecule has 3 rings (SSSR count). The third-order valence-electron chi connectivity index (χ3n) is 3.13. The average molecular weight is 354 g/mol. The molecule has 2 heterocycles. The van der Waals surface area contributed by atoms with Gasteiger partial charge in [-0.25, -0.2) is 14.3 Å². The number of aromatic carboxylic acids is 2. The summed E-state index contributed by atoms with van der Waals surface area (Å²) in [5, 5.41) is 21.0. The van der Waals surface area contributed by atoms with Crippen molar-refractivity contribution >= 4 is 17.8 Å². The number of carbonyl (C=O) groups is 3. The lowest BCUT2D eigenvalue weighted by atomic mass is 10.1. The molecule has 26 heavy (non-hydrogen) atoms. The number of amides is 1. The first kappa shape index (κ1) is 18.3. The van der Waals surface area contributed by atoms with E-state index >= 15 is 0 Å². The number of pyridine rings is 1. The standard InChI is InChI=1S/C9H8N4O.C8H6O4/c10-9(14)7-4-12-13(6-7)8-2-1-3-11-5-8;9-7(10)5-2-1-3-6(4-5)8(11)12/h1-6H,(H2,10,14);1-4H,(H,9,10)(H,11,12). The number of hydrogen-bond donors (Lipinski definition) is 3. The minimum Gasteiger partial charge on any atom is -0.478 e. The molecule has 0 saturated carbocycles. The molecule has 9 nitrogen and oxygen atoms in total. The van der Waals surface area contributed by atoms with Crippen molar-refractivity contribution in [2.75, 3.05) is 0 Å². The van der Waals surface area contributed by atoms with E-state index < -0.39 is 17.8 Å². The van der Waals surface area contributed by atoms with Crippen LogP contribution in [0.1, 0.15) is 31.1 Å². The molecular weight excluding hydrogens is 340 g/mol. The Balaban J connectivity index is 0.000000190. The largest absolute Gasteiger partial charge is 0.478 e. The number of rotatable bonds is 4. The minimum atomic E-state index is -1.13. The summed E-state index contributed by atoms with van der Waals surface area (Å²) in [4.78, 5) is 35.5. The fraction of sp³-hybridized carbons (Fsp3) is 0. The molecule has 0 bridgehead atoms. The summed E-state index contributed by atoms with van der Waals surface area (Å²) in [6.07, 6.45) is 6.31. The van der Waals surface area contributed by atoms with Gasteiger partial charge in [0.25, 0.3) is 5.91 Å². The molecule has 9 heteroatoms. The van der Waals surface area contributed by atoms with E-state index in [9.17, 15) is 14.4 Å². The molecule has 0 aliphatic heterocycles. The van der Waals surface area contributed by atoms with Gasteiger partial charge in [-0.2, -0.15) is 5.10 Å². The van der Waals surface area contributed by atoms with Crippen LogP contribution in [0.4, 0.5) is 0 Å². The van der Waals surface area contributed by atoms with Crippen LogP contribution in [0.5, 0.6) is 0 Å². The number of primary amides is 1. The molecule has 0 unspecified atom stereocenters. The van der Waals surface area contributed by atoms with Gasteiger partial charge in [0.1, 0.15) is 0 Å². The van der Waals surface area contributed by atoms with E-state index in [4.69, 9.17) is 15.9 Å². The maximum absolute atomic E-state index is 10.8. The van der Waals surface area contributed by atoms with E-state index in [1.165, 1.54) is 24.4 Å². The Kier molecular flexibility index (Phi) is 5.78. The molecule has 0 spiro atoms.